The highest BCUT2D eigenvalue weighted by Crippen LogP contribution is 2.17. The summed E-state index contributed by atoms with van der Waals surface area (Å²) in [5.41, 5.74) is 1.00. The van der Waals surface area contributed by atoms with E-state index in [4.69, 9.17) is 4.74 Å². The highest BCUT2D eigenvalue weighted by molar-refractivity contribution is 5.53. The van der Waals surface area contributed by atoms with Crippen LogP contribution in [0.25, 0.3) is 6.08 Å². The first-order valence-corrected chi connectivity index (χ1v) is 5.75. The molecule has 0 saturated heterocycles. The maximum absolute atomic E-state index is 10.7. The zero-order valence-corrected chi connectivity index (χ0v) is 10.2. The Hall–Kier alpha value is -1.84. The normalized spacial score (nSPS) is 11.3. The van der Waals surface area contributed by atoms with E-state index in [1.54, 1.807) is 13.0 Å². The van der Waals surface area contributed by atoms with E-state index in [0.717, 1.165) is 17.7 Å². The van der Waals surface area contributed by atoms with Gasteiger partial charge in [0.25, 0.3) is 0 Å². The summed E-state index contributed by atoms with van der Waals surface area (Å²) in [5.74, 6) is 0.749. The molecule has 1 aromatic rings. The van der Waals surface area contributed by atoms with Crippen molar-refractivity contribution < 1.29 is 9.66 Å². The Morgan fingerprint density at radius 3 is 2.82 bits per heavy atom. The second-order valence-corrected chi connectivity index (χ2v) is 3.67. The lowest BCUT2D eigenvalue weighted by Gasteiger charge is -2.04. The number of hydrogen-bond donors (Lipinski definition) is 0. The van der Waals surface area contributed by atoms with Crippen LogP contribution in [0.3, 0.4) is 0 Å². The number of allylic oxidation sites excluding steroid dienone is 1. The number of benzene rings is 1. The molecule has 17 heavy (non-hydrogen) atoms. The van der Waals surface area contributed by atoms with Crippen LogP contribution in [0.4, 0.5) is 0 Å². The number of nitro groups is 1. The van der Waals surface area contributed by atoms with E-state index in [1.807, 2.05) is 31.2 Å². The third-order valence-electron chi connectivity index (χ3n) is 2.26. The molecule has 0 radical (unpaired) electrons. The van der Waals surface area contributed by atoms with Crippen LogP contribution < -0.4 is 4.74 Å². The van der Waals surface area contributed by atoms with Crippen molar-refractivity contribution in [2.24, 2.45) is 0 Å². The lowest BCUT2D eigenvalue weighted by molar-refractivity contribution is -0.425. The maximum atomic E-state index is 10.7. The number of rotatable bonds is 6. The average Bonchev–Trinajstić information content (AvgIpc) is 2.33. The Bertz CT molecular complexity index is 413. The van der Waals surface area contributed by atoms with Gasteiger partial charge in [0.05, 0.1) is 11.5 Å². The van der Waals surface area contributed by atoms with E-state index in [0.29, 0.717) is 13.0 Å². The maximum Gasteiger partial charge on any atom is 0.246 e. The summed E-state index contributed by atoms with van der Waals surface area (Å²) >= 11 is 0. The SMILES string of the molecule is CCCOc1cccc(C=C(CC)[N+](=O)[O-])c1. The predicted molar refractivity (Wildman–Crippen MR) is 67.5 cm³/mol. The second kappa shape index (κ2) is 6.68. The van der Waals surface area contributed by atoms with Crippen molar-refractivity contribution in [3.63, 3.8) is 0 Å². The molecule has 92 valence electrons. The molecular weight excluding hydrogens is 218 g/mol. The Balaban J connectivity index is 2.87. The van der Waals surface area contributed by atoms with Crippen molar-refractivity contribution in [3.8, 4) is 5.75 Å². The van der Waals surface area contributed by atoms with Gasteiger partial charge in [0.2, 0.25) is 5.70 Å². The lowest BCUT2D eigenvalue weighted by atomic mass is 10.1. The molecule has 0 aliphatic heterocycles. The minimum atomic E-state index is -0.348. The van der Waals surface area contributed by atoms with Crippen molar-refractivity contribution in [1.29, 1.82) is 0 Å². The van der Waals surface area contributed by atoms with Gasteiger partial charge in [-0.3, -0.25) is 10.1 Å². The summed E-state index contributed by atoms with van der Waals surface area (Å²) in [6.45, 7) is 4.46. The number of nitrogens with zero attached hydrogens (tertiary/aromatic N) is 1. The molecule has 0 amide bonds. The van der Waals surface area contributed by atoms with Crippen LogP contribution in [-0.4, -0.2) is 11.5 Å². The molecular formula is C13H17NO3. The van der Waals surface area contributed by atoms with Gasteiger partial charge >= 0.3 is 0 Å². The Labute approximate surface area is 101 Å². The molecule has 1 aromatic carbocycles. The van der Waals surface area contributed by atoms with Gasteiger partial charge in [-0.05, 0) is 24.1 Å². The van der Waals surface area contributed by atoms with Gasteiger partial charge in [-0.15, -0.1) is 0 Å². The summed E-state index contributed by atoms with van der Waals surface area (Å²) in [6.07, 6.45) is 2.93. The van der Waals surface area contributed by atoms with Crippen molar-refractivity contribution in [2.75, 3.05) is 6.61 Å². The smallest absolute Gasteiger partial charge is 0.246 e. The molecule has 4 heteroatoms. The zero-order valence-electron chi connectivity index (χ0n) is 10.2. The fourth-order valence-electron chi connectivity index (χ4n) is 1.39. The number of hydrogen-bond acceptors (Lipinski definition) is 3. The summed E-state index contributed by atoms with van der Waals surface area (Å²) in [5, 5.41) is 10.7. The molecule has 0 bridgehead atoms. The van der Waals surface area contributed by atoms with Crippen molar-refractivity contribution in [3.05, 3.63) is 45.6 Å². The summed E-state index contributed by atoms with van der Waals surface area (Å²) in [7, 11) is 0. The average molecular weight is 235 g/mol. The van der Waals surface area contributed by atoms with Gasteiger partial charge in [0.15, 0.2) is 0 Å². The van der Waals surface area contributed by atoms with Gasteiger partial charge in [0.1, 0.15) is 5.75 Å². The molecule has 0 heterocycles. The lowest BCUT2D eigenvalue weighted by Crippen LogP contribution is -1.97. The Morgan fingerprint density at radius 2 is 2.24 bits per heavy atom. The Kier molecular flexibility index (Phi) is 5.20. The first-order valence-electron chi connectivity index (χ1n) is 5.75. The van der Waals surface area contributed by atoms with E-state index >= 15 is 0 Å². The van der Waals surface area contributed by atoms with Crippen LogP contribution >= 0.6 is 0 Å². The van der Waals surface area contributed by atoms with Gasteiger partial charge in [-0.25, -0.2) is 0 Å². The highest BCUT2D eigenvalue weighted by atomic mass is 16.6. The third kappa shape index (κ3) is 4.26. The molecule has 0 spiro atoms. The molecule has 0 aliphatic carbocycles. The van der Waals surface area contributed by atoms with Crippen molar-refractivity contribution in [2.45, 2.75) is 26.7 Å². The fourth-order valence-corrected chi connectivity index (χ4v) is 1.39. The summed E-state index contributed by atoms with van der Waals surface area (Å²) in [6, 6.07) is 7.33. The number of ether oxygens (including phenoxy) is 1. The highest BCUT2D eigenvalue weighted by Gasteiger charge is 2.07. The zero-order chi connectivity index (χ0) is 12.7. The van der Waals surface area contributed by atoms with E-state index < -0.39 is 0 Å². The molecule has 0 fully saturated rings. The van der Waals surface area contributed by atoms with Gasteiger partial charge in [-0.2, -0.15) is 0 Å². The standard InChI is InChI=1S/C13H17NO3/c1-3-8-17-13-7-5-6-11(10-13)9-12(4-2)14(15)16/h5-7,9-10H,3-4,8H2,1-2H3. The van der Waals surface area contributed by atoms with E-state index in [1.165, 1.54) is 0 Å². The molecule has 0 unspecified atom stereocenters. The molecule has 0 aromatic heterocycles. The minimum Gasteiger partial charge on any atom is -0.494 e. The van der Waals surface area contributed by atoms with Crippen LogP contribution in [-0.2, 0) is 0 Å². The largest absolute Gasteiger partial charge is 0.494 e. The van der Waals surface area contributed by atoms with E-state index in [2.05, 4.69) is 0 Å². The predicted octanol–water partition coefficient (Wildman–Crippen LogP) is 3.50. The van der Waals surface area contributed by atoms with Crippen molar-refractivity contribution >= 4 is 6.08 Å². The van der Waals surface area contributed by atoms with Crippen LogP contribution in [0, 0.1) is 10.1 Å². The summed E-state index contributed by atoms with van der Waals surface area (Å²) < 4.78 is 5.47. The molecule has 0 atom stereocenters. The second-order valence-electron chi connectivity index (χ2n) is 3.67. The van der Waals surface area contributed by atoms with Crippen LogP contribution in [0.5, 0.6) is 5.75 Å². The molecule has 4 nitrogen and oxygen atoms in total. The van der Waals surface area contributed by atoms with Crippen LogP contribution in [0.1, 0.15) is 32.3 Å². The van der Waals surface area contributed by atoms with Gasteiger partial charge in [0, 0.05) is 12.5 Å². The van der Waals surface area contributed by atoms with Crippen LogP contribution in [0.2, 0.25) is 0 Å². The third-order valence-corrected chi connectivity index (χ3v) is 2.26. The van der Waals surface area contributed by atoms with E-state index in [-0.39, 0.29) is 10.6 Å². The molecule has 0 N–H and O–H groups in total. The minimum absolute atomic E-state index is 0.206. The molecule has 0 aliphatic rings. The van der Waals surface area contributed by atoms with Crippen LogP contribution in [0.15, 0.2) is 30.0 Å². The van der Waals surface area contributed by atoms with Crippen molar-refractivity contribution in [1.82, 2.24) is 0 Å². The first-order chi connectivity index (χ1) is 8.17. The van der Waals surface area contributed by atoms with E-state index in [9.17, 15) is 10.1 Å². The molecule has 0 saturated carbocycles. The Morgan fingerprint density at radius 1 is 1.47 bits per heavy atom. The fraction of sp³-hybridized carbons (Fsp3) is 0.385. The monoisotopic (exact) mass is 235 g/mol. The topological polar surface area (TPSA) is 52.4 Å². The molecule has 1 rings (SSSR count). The first kappa shape index (κ1) is 13.2. The van der Waals surface area contributed by atoms with Gasteiger partial charge in [-0.1, -0.05) is 26.0 Å². The van der Waals surface area contributed by atoms with Gasteiger partial charge < -0.3 is 4.74 Å². The summed E-state index contributed by atoms with van der Waals surface area (Å²) in [4.78, 5) is 10.4. The quantitative estimate of drug-likeness (QED) is 0.560.